The van der Waals surface area contributed by atoms with Gasteiger partial charge in [-0.3, -0.25) is 4.79 Å². The van der Waals surface area contributed by atoms with Gasteiger partial charge < -0.3 is 10.6 Å². The van der Waals surface area contributed by atoms with Crippen molar-refractivity contribution in [2.75, 3.05) is 0 Å². The monoisotopic (exact) mass is 196 g/mol. The number of fused-ring (bicyclic) bond motifs is 1. The third-order valence-corrected chi connectivity index (χ3v) is 3.46. The Morgan fingerprint density at radius 1 is 1.50 bits per heavy atom. The molecule has 0 radical (unpaired) electrons. The summed E-state index contributed by atoms with van der Waals surface area (Å²) in [6.45, 7) is 6.26. The number of rotatable bonds is 4. The molecule has 0 heterocycles. The number of nitrogens with one attached hydrogen (secondary N) is 2. The smallest absolute Gasteiger partial charge is 0.220 e. The van der Waals surface area contributed by atoms with Gasteiger partial charge in [0, 0.05) is 24.0 Å². The van der Waals surface area contributed by atoms with Gasteiger partial charge in [-0.2, -0.15) is 0 Å². The average Bonchev–Trinajstić information content (AvgIpc) is 2.68. The molecule has 2 N–H and O–H groups in total. The molecule has 80 valence electrons. The molecule has 0 saturated heterocycles. The minimum atomic E-state index is 0.204. The summed E-state index contributed by atoms with van der Waals surface area (Å²) in [6, 6.07) is 1.20. The summed E-state index contributed by atoms with van der Waals surface area (Å²) in [7, 11) is 0. The van der Waals surface area contributed by atoms with Crippen LogP contribution in [0, 0.1) is 5.92 Å². The van der Waals surface area contributed by atoms with E-state index < -0.39 is 0 Å². The lowest BCUT2D eigenvalue weighted by Gasteiger charge is -2.37. The highest BCUT2D eigenvalue weighted by Crippen LogP contribution is 2.59. The van der Waals surface area contributed by atoms with Gasteiger partial charge in [-0.1, -0.05) is 20.8 Å². The van der Waals surface area contributed by atoms with Crippen molar-refractivity contribution in [3.8, 4) is 0 Å². The maximum absolute atomic E-state index is 11.2. The van der Waals surface area contributed by atoms with Crippen molar-refractivity contribution >= 4 is 5.91 Å². The maximum Gasteiger partial charge on any atom is 0.220 e. The zero-order chi connectivity index (χ0) is 10.3. The fraction of sp³-hybridized carbons (Fsp3) is 0.909. The Balaban J connectivity index is 1.77. The summed E-state index contributed by atoms with van der Waals surface area (Å²) in [5.41, 5.74) is 0.208. The van der Waals surface area contributed by atoms with E-state index in [-0.39, 0.29) is 11.4 Å². The van der Waals surface area contributed by atoms with Crippen molar-refractivity contribution in [1.29, 1.82) is 0 Å². The predicted molar refractivity (Wildman–Crippen MR) is 55.9 cm³/mol. The molecule has 2 fully saturated rings. The normalized spacial score (nSPS) is 38.9. The highest BCUT2D eigenvalue weighted by atomic mass is 16.1. The largest absolute Gasteiger partial charge is 0.350 e. The van der Waals surface area contributed by atoms with Crippen LogP contribution < -0.4 is 10.6 Å². The molecule has 1 unspecified atom stereocenters. The molecule has 2 rings (SSSR count). The number of hydrogen-bond acceptors (Lipinski definition) is 2. The van der Waals surface area contributed by atoms with E-state index in [0.717, 1.165) is 6.42 Å². The number of carbonyl (C=O) groups excluding carboxylic acids is 1. The van der Waals surface area contributed by atoms with E-state index in [2.05, 4.69) is 24.5 Å². The molecule has 0 aromatic rings. The standard InChI is InChI=1S/C11H20N2O/c1-4-10(14)13-11-5-8(11)9(6-11)12-7(2)3/h7-9,12H,4-6H2,1-3H3,(H,13,14)/t8?,9-,11+/m0/s1. The summed E-state index contributed by atoms with van der Waals surface area (Å²) in [5, 5.41) is 6.68. The second-order valence-electron chi connectivity index (χ2n) is 5.00. The van der Waals surface area contributed by atoms with Gasteiger partial charge in [0.2, 0.25) is 5.91 Å². The van der Waals surface area contributed by atoms with Crippen LogP contribution in [0.15, 0.2) is 0 Å². The van der Waals surface area contributed by atoms with Crippen molar-refractivity contribution in [3.63, 3.8) is 0 Å². The zero-order valence-corrected chi connectivity index (χ0v) is 9.26. The molecule has 0 aromatic carbocycles. The average molecular weight is 196 g/mol. The van der Waals surface area contributed by atoms with Crippen molar-refractivity contribution in [1.82, 2.24) is 10.6 Å². The number of hydrogen-bond donors (Lipinski definition) is 2. The van der Waals surface area contributed by atoms with Crippen LogP contribution in [0.5, 0.6) is 0 Å². The molecule has 2 aliphatic carbocycles. The van der Waals surface area contributed by atoms with Gasteiger partial charge in [-0.25, -0.2) is 0 Å². The maximum atomic E-state index is 11.2. The number of carbonyl (C=O) groups is 1. The summed E-state index contributed by atoms with van der Waals surface area (Å²) >= 11 is 0. The van der Waals surface area contributed by atoms with E-state index in [1.54, 1.807) is 0 Å². The Morgan fingerprint density at radius 3 is 2.71 bits per heavy atom. The van der Waals surface area contributed by atoms with Gasteiger partial charge in [0.05, 0.1) is 0 Å². The second kappa shape index (κ2) is 3.23. The highest BCUT2D eigenvalue weighted by molar-refractivity contribution is 5.77. The van der Waals surface area contributed by atoms with Crippen LogP contribution in [0.1, 0.15) is 40.0 Å². The Hall–Kier alpha value is -0.570. The summed E-state index contributed by atoms with van der Waals surface area (Å²) in [5.74, 6) is 0.913. The minimum absolute atomic E-state index is 0.204. The lowest BCUT2D eigenvalue weighted by molar-refractivity contribution is -0.122. The Morgan fingerprint density at radius 2 is 2.21 bits per heavy atom. The molecular weight excluding hydrogens is 176 g/mol. The van der Waals surface area contributed by atoms with Crippen molar-refractivity contribution in [2.45, 2.75) is 57.7 Å². The minimum Gasteiger partial charge on any atom is -0.350 e. The summed E-state index contributed by atoms with van der Waals surface area (Å²) in [4.78, 5) is 11.2. The molecular formula is C11H20N2O. The number of amides is 1. The Kier molecular flexibility index (Phi) is 2.30. The first-order valence-corrected chi connectivity index (χ1v) is 5.64. The van der Waals surface area contributed by atoms with Gasteiger partial charge in [0.15, 0.2) is 0 Å². The van der Waals surface area contributed by atoms with Crippen LogP contribution in [0.3, 0.4) is 0 Å². The van der Waals surface area contributed by atoms with E-state index in [1.807, 2.05) is 6.92 Å². The van der Waals surface area contributed by atoms with Gasteiger partial charge in [0.1, 0.15) is 0 Å². The van der Waals surface area contributed by atoms with Crippen LogP contribution >= 0.6 is 0 Å². The molecule has 14 heavy (non-hydrogen) atoms. The molecule has 0 aromatic heterocycles. The lowest BCUT2D eigenvalue weighted by atomic mass is 9.86. The van der Waals surface area contributed by atoms with E-state index >= 15 is 0 Å². The SMILES string of the molecule is CCC(=O)N[C@@]12CC1[C@@H](NC(C)C)C2. The molecule has 1 amide bonds. The first-order valence-electron chi connectivity index (χ1n) is 5.64. The van der Waals surface area contributed by atoms with Crippen LogP contribution in [0.25, 0.3) is 0 Å². The van der Waals surface area contributed by atoms with Crippen LogP contribution in [-0.4, -0.2) is 23.5 Å². The molecule has 3 nitrogen and oxygen atoms in total. The van der Waals surface area contributed by atoms with E-state index in [0.29, 0.717) is 24.4 Å². The molecule has 2 aliphatic rings. The second-order valence-corrected chi connectivity index (χ2v) is 5.00. The predicted octanol–water partition coefficient (Wildman–Crippen LogP) is 1.04. The van der Waals surface area contributed by atoms with E-state index in [9.17, 15) is 4.79 Å². The quantitative estimate of drug-likeness (QED) is 0.705. The lowest BCUT2D eigenvalue weighted by Crippen LogP contribution is -2.55. The van der Waals surface area contributed by atoms with E-state index in [4.69, 9.17) is 0 Å². The van der Waals surface area contributed by atoms with Gasteiger partial charge in [0.25, 0.3) is 0 Å². The highest BCUT2D eigenvalue weighted by Gasteiger charge is 2.67. The molecule has 0 bridgehead atoms. The molecule has 0 spiro atoms. The molecule has 3 heteroatoms. The molecule has 0 aliphatic heterocycles. The third-order valence-electron chi connectivity index (χ3n) is 3.46. The van der Waals surface area contributed by atoms with Crippen molar-refractivity contribution in [3.05, 3.63) is 0 Å². The fourth-order valence-electron chi connectivity index (χ4n) is 2.63. The fourth-order valence-corrected chi connectivity index (χ4v) is 2.63. The van der Waals surface area contributed by atoms with Gasteiger partial charge in [-0.05, 0) is 18.8 Å². The van der Waals surface area contributed by atoms with Crippen LogP contribution in [0.4, 0.5) is 0 Å². The van der Waals surface area contributed by atoms with Crippen LogP contribution in [0.2, 0.25) is 0 Å². The first-order chi connectivity index (χ1) is 6.57. The zero-order valence-electron chi connectivity index (χ0n) is 9.26. The van der Waals surface area contributed by atoms with Crippen LogP contribution in [-0.2, 0) is 4.79 Å². The topological polar surface area (TPSA) is 41.1 Å². The van der Waals surface area contributed by atoms with Crippen molar-refractivity contribution in [2.24, 2.45) is 5.92 Å². The Bertz CT molecular complexity index is 252. The van der Waals surface area contributed by atoms with Crippen molar-refractivity contribution < 1.29 is 4.79 Å². The summed E-state index contributed by atoms with van der Waals surface area (Å²) < 4.78 is 0. The summed E-state index contributed by atoms with van der Waals surface area (Å²) in [6.07, 6.45) is 2.92. The first kappa shape index (κ1) is 9.97. The third kappa shape index (κ3) is 1.54. The van der Waals surface area contributed by atoms with Gasteiger partial charge in [-0.15, -0.1) is 0 Å². The van der Waals surface area contributed by atoms with E-state index in [1.165, 1.54) is 6.42 Å². The molecule has 2 saturated carbocycles. The Labute approximate surface area is 85.6 Å². The van der Waals surface area contributed by atoms with Gasteiger partial charge >= 0.3 is 0 Å². The molecule has 3 atom stereocenters.